The Kier molecular flexibility index (Phi) is 4.39. The highest BCUT2D eigenvalue weighted by Crippen LogP contribution is 2.27. The van der Waals surface area contributed by atoms with Crippen molar-refractivity contribution in [1.29, 1.82) is 0 Å². The molecule has 96 valence electrons. The highest BCUT2D eigenvalue weighted by molar-refractivity contribution is 5.81. The Morgan fingerprint density at radius 1 is 1.50 bits per heavy atom. The molecule has 5 N–H and O–H groups in total. The van der Waals surface area contributed by atoms with Gasteiger partial charge in [0.1, 0.15) is 0 Å². The fraction of sp³-hybridized carbons (Fsp3) is 0.182. The maximum atomic E-state index is 10.9. The molecule has 1 amide bonds. The number of carbonyl (C=O) groups is 1. The zero-order chi connectivity index (χ0) is 13.7. The number of aliphatic hydroxyl groups excluding tert-OH is 1. The third kappa shape index (κ3) is 3.05. The number of nitrogens with zero attached hydrogens (tertiary/aromatic N) is 1. The molecule has 1 aromatic rings. The van der Waals surface area contributed by atoms with E-state index in [1.54, 1.807) is 6.07 Å². The molecule has 18 heavy (non-hydrogen) atoms. The lowest BCUT2D eigenvalue weighted by Crippen LogP contribution is -2.29. The van der Waals surface area contributed by atoms with E-state index >= 15 is 0 Å². The van der Waals surface area contributed by atoms with E-state index in [2.05, 4.69) is 0 Å². The van der Waals surface area contributed by atoms with Gasteiger partial charge in [-0.2, -0.15) is 0 Å². The molecule has 0 saturated heterocycles. The van der Waals surface area contributed by atoms with Crippen molar-refractivity contribution in [2.24, 2.45) is 11.5 Å². The summed E-state index contributed by atoms with van der Waals surface area (Å²) in [6.07, 6.45) is 0.453. The van der Waals surface area contributed by atoms with E-state index in [9.17, 15) is 14.9 Å². The van der Waals surface area contributed by atoms with E-state index in [4.69, 9.17) is 16.6 Å². The predicted octanol–water partition coefficient (Wildman–Crippen LogP) is 0.696. The van der Waals surface area contributed by atoms with E-state index in [1.807, 2.05) is 0 Å². The molecule has 0 aromatic heterocycles. The zero-order valence-corrected chi connectivity index (χ0v) is 9.45. The second kappa shape index (κ2) is 5.78. The molecule has 0 bridgehead atoms. The molecule has 0 fully saturated rings. The summed E-state index contributed by atoms with van der Waals surface area (Å²) in [7, 11) is 0. The van der Waals surface area contributed by atoms with Crippen LogP contribution in [-0.2, 0) is 4.79 Å². The van der Waals surface area contributed by atoms with Gasteiger partial charge in [-0.05, 0) is 6.07 Å². The number of para-hydroxylation sites is 1. The number of aliphatic hydroxyl groups is 1. The van der Waals surface area contributed by atoms with Gasteiger partial charge >= 0.3 is 0 Å². The molecule has 0 aliphatic carbocycles. The van der Waals surface area contributed by atoms with Crippen LogP contribution in [0.4, 0.5) is 5.69 Å². The maximum absolute atomic E-state index is 10.9. The molecule has 7 heteroatoms. The number of primary amides is 1. The second-order valence-electron chi connectivity index (χ2n) is 3.64. The van der Waals surface area contributed by atoms with E-state index in [0.717, 1.165) is 0 Å². The fourth-order valence-corrected chi connectivity index (χ4v) is 1.57. The average molecular weight is 251 g/mol. The largest absolute Gasteiger partial charge is 0.515 e. The smallest absolute Gasteiger partial charge is 0.277 e. The topological polar surface area (TPSA) is 132 Å². The average Bonchev–Trinajstić information content (AvgIpc) is 2.29. The van der Waals surface area contributed by atoms with Crippen molar-refractivity contribution in [2.45, 2.75) is 12.5 Å². The summed E-state index contributed by atoms with van der Waals surface area (Å²) in [5, 5.41) is 20.0. The third-order valence-electron chi connectivity index (χ3n) is 2.37. The minimum atomic E-state index is -0.895. The minimum Gasteiger partial charge on any atom is -0.515 e. The lowest BCUT2D eigenvalue weighted by Gasteiger charge is -2.13. The summed E-state index contributed by atoms with van der Waals surface area (Å²) in [5.74, 6) is -0.652. The van der Waals surface area contributed by atoms with Crippen molar-refractivity contribution in [3.8, 4) is 0 Å². The molecule has 1 unspecified atom stereocenters. The lowest BCUT2D eigenvalue weighted by molar-refractivity contribution is -0.385. The van der Waals surface area contributed by atoms with E-state index in [1.165, 1.54) is 18.2 Å². The van der Waals surface area contributed by atoms with Crippen LogP contribution in [0, 0.1) is 10.1 Å². The van der Waals surface area contributed by atoms with Crippen LogP contribution in [0.25, 0.3) is 5.57 Å². The first-order valence-electron chi connectivity index (χ1n) is 5.09. The number of nitro benzene ring substituents is 1. The highest BCUT2D eigenvalue weighted by atomic mass is 16.6. The lowest BCUT2D eigenvalue weighted by atomic mass is 9.96. The molecule has 0 aliphatic heterocycles. The van der Waals surface area contributed by atoms with Crippen LogP contribution >= 0.6 is 0 Å². The first-order chi connectivity index (χ1) is 8.47. The zero-order valence-electron chi connectivity index (χ0n) is 9.45. The SMILES string of the molecule is NC(=O)CC(N)/C(=C\O)c1ccccc1[N+](=O)[O-]. The Morgan fingerprint density at radius 3 is 2.61 bits per heavy atom. The van der Waals surface area contributed by atoms with Crippen molar-refractivity contribution >= 4 is 17.2 Å². The Hall–Kier alpha value is -2.41. The first kappa shape index (κ1) is 13.7. The Morgan fingerprint density at radius 2 is 2.11 bits per heavy atom. The molecule has 0 heterocycles. The summed E-state index contributed by atoms with van der Waals surface area (Å²) in [6, 6.07) is 4.91. The molecule has 0 saturated carbocycles. The van der Waals surface area contributed by atoms with Gasteiger partial charge < -0.3 is 16.6 Å². The van der Waals surface area contributed by atoms with Crippen molar-refractivity contribution < 1.29 is 14.8 Å². The van der Waals surface area contributed by atoms with Crippen LogP contribution in [-0.4, -0.2) is 22.0 Å². The molecule has 0 spiro atoms. The van der Waals surface area contributed by atoms with Crippen molar-refractivity contribution in [3.05, 3.63) is 46.2 Å². The summed E-state index contributed by atoms with van der Waals surface area (Å²) in [5.41, 5.74) is 10.7. The minimum absolute atomic E-state index is 0.0982. The number of nitrogens with two attached hydrogens (primary N) is 2. The Balaban J connectivity index is 3.18. The van der Waals surface area contributed by atoms with Gasteiger partial charge in [0.05, 0.1) is 16.7 Å². The van der Waals surface area contributed by atoms with E-state index < -0.39 is 16.9 Å². The van der Waals surface area contributed by atoms with Gasteiger partial charge in [-0.25, -0.2) is 0 Å². The maximum Gasteiger partial charge on any atom is 0.277 e. The van der Waals surface area contributed by atoms with Gasteiger partial charge in [0, 0.05) is 24.1 Å². The number of benzene rings is 1. The van der Waals surface area contributed by atoms with Gasteiger partial charge in [-0.1, -0.05) is 12.1 Å². The number of rotatable bonds is 5. The molecular formula is C11H13N3O4. The molecule has 1 aromatic carbocycles. The van der Waals surface area contributed by atoms with Crippen molar-refractivity contribution in [3.63, 3.8) is 0 Å². The molecule has 1 atom stereocenters. The number of hydrogen-bond acceptors (Lipinski definition) is 5. The number of nitro groups is 1. The summed E-state index contributed by atoms with van der Waals surface area (Å²) < 4.78 is 0. The van der Waals surface area contributed by atoms with Gasteiger partial charge in [-0.3, -0.25) is 14.9 Å². The van der Waals surface area contributed by atoms with Gasteiger partial charge in [0.2, 0.25) is 5.91 Å². The van der Waals surface area contributed by atoms with Crippen LogP contribution in [0.15, 0.2) is 30.5 Å². The van der Waals surface area contributed by atoms with Crippen LogP contribution in [0.2, 0.25) is 0 Å². The summed E-state index contributed by atoms with van der Waals surface area (Å²) in [6.45, 7) is 0. The number of carbonyl (C=O) groups excluding carboxylic acids is 1. The van der Waals surface area contributed by atoms with E-state index in [0.29, 0.717) is 6.26 Å². The van der Waals surface area contributed by atoms with Gasteiger partial charge in [0.25, 0.3) is 5.69 Å². The van der Waals surface area contributed by atoms with Gasteiger partial charge in [-0.15, -0.1) is 0 Å². The monoisotopic (exact) mass is 251 g/mol. The Bertz CT molecular complexity index is 499. The second-order valence-corrected chi connectivity index (χ2v) is 3.64. The van der Waals surface area contributed by atoms with E-state index in [-0.39, 0.29) is 23.2 Å². The molecular weight excluding hydrogens is 238 g/mol. The fourth-order valence-electron chi connectivity index (χ4n) is 1.57. The van der Waals surface area contributed by atoms with Gasteiger partial charge in [0.15, 0.2) is 0 Å². The number of amides is 1. The molecule has 0 aliphatic rings. The summed E-state index contributed by atoms with van der Waals surface area (Å²) >= 11 is 0. The molecule has 7 nitrogen and oxygen atoms in total. The van der Waals surface area contributed by atoms with Crippen molar-refractivity contribution in [2.75, 3.05) is 0 Å². The molecule has 0 radical (unpaired) electrons. The van der Waals surface area contributed by atoms with Crippen LogP contribution in [0.3, 0.4) is 0 Å². The quantitative estimate of drug-likeness (QED) is 0.402. The number of hydrogen-bond donors (Lipinski definition) is 3. The van der Waals surface area contributed by atoms with Crippen LogP contribution in [0.1, 0.15) is 12.0 Å². The Labute approximate surface area is 103 Å². The van der Waals surface area contributed by atoms with Crippen LogP contribution < -0.4 is 11.5 Å². The molecule has 1 rings (SSSR count). The highest BCUT2D eigenvalue weighted by Gasteiger charge is 2.22. The first-order valence-corrected chi connectivity index (χ1v) is 5.09. The summed E-state index contributed by atoms with van der Waals surface area (Å²) in [4.78, 5) is 21.0. The van der Waals surface area contributed by atoms with Crippen LogP contribution in [0.5, 0.6) is 0 Å². The third-order valence-corrected chi connectivity index (χ3v) is 2.37. The normalized spacial score (nSPS) is 13.1. The predicted molar refractivity (Wildman–Crippen MR) is 65.5 cm³/mol. The standard InChI is InChI=1S/C11H13N3O4/c12-9(5-11(13)16)8(6-15)7-3-1-2-4-10(7)14(17)18/h1-4,6,9,15H,5,12H2,(H2,13,16)/b8-6-. The van der Waals surface area contributed by atoms with Crippen molar-refractivity contribution in [1.82, 2.24) is 0 Å².